The van der Waals surface area contributed by atoms with E-state index < -0.39 is 6.23 Å². The predicted molar refractivity (Wildman–Crippen MR) is 95.8 cm³/mol. The molecule has 0 bridgehead atoms. The van der Waals surface area contributed by atoms with E-state index in [0.29, 0.717) is 23.1 Å². The molecule has 0 spiro atoms. The summed E-state index contributed by atoms with van der Waals surface area (Å²) in [6.07, 6.45) is -0.468. The van der Waals surface area contributed by atoms with Crippen molar-refractivity contribution in [3.05, 3.63) is 54.1 Å². The predicted octanol–water partition coefficient (Wildman–Crippen LogP) is 4.37. The van der Waals surface area contributed by atoms with Gasteiger partial charge in [0.05, 0.1) is 12.8 Å². The number of amides is 2. The van der Waals surface area contributed by atoms with Crippen molar-refractivity contribution >= 4 is 11.7 Å². The van der Waals surface area contributed by atoms with Gasteiger partial charge in [0.1, 0.15) is 11.5 Å². The Morgan fingerprint density at radius 3 is 2.29 bits per heavy atom. The smallest absolute Gasteiger partial charge is 0.322 e. The number of benzene rings is 2. The molecule has 2 aromatic rings. The number of methoxy groups -OCH3 is 1. The van der Waals surface area contributed by atoms with Crippen molar-refractivity contribution in [2.45, 2.75) is 32.9 Å². The van der Waals surface area contributed by atoms with E-state index in [0.717, 1.165) is 0 Å². The van der Waals surface area contributed by atoms with E-state index in [2.05, 4.69) is 24.5 Å². The molecule has 1 unspecified atom stereocenters. The summed E-state index contributed by atoms with van der Waals surface area (Å²) in [5.41, 5.74) is 1.85. The lowest BCUT2D eigenvalue weighted by Crippen LogP contribution is -2.39. The first-order valence-electron chi connectivity index (χ1n) is 7.96. The maximum absolute atomic E-state index is 12.1. The van der Waals surface area contributed by atoms with Gasteiger partial charge in [0, 0.05) is 0 Å². The van der Waals surface area contributed by atoms with Gasteiger partial charge in [-0.2, -0.15) is 0 Å². The fourth-order valence-corrected chi connectivity index (χ4v) is 2.26. The summed E-state index contributed by atoms with van der Waals surface area (Å²) in [5.74, 6) is 1.79. The molecule has 0 fully saturated rings. The molecule has 0 saturated carbocycles. The lowest BCUT2D eigenvalue weighted by atomic mass is 10.0. The number of para-hydroxylation sites is 2. The summed E-state index contributed by atoms with van der Waals surface area (Å²) >= 11 is 0. The van der Waals surface area contributed by atoms with Crippen LogP contribution in [0, 0.1) is 0 Å². The highest BCUT2D eigenvalue weighted by molar-refractivity contribution is 5.90. The van der Waals surface area contributed by atoms with Gasteiger partial charge in [-0.05, 0) is 42.7 Å². The Morgan fingerprint density at radius 2 is 1.67 bits per heavy atom. The maximum atomic E-state index is 12.1. The second-order valence-corrected chi connectivity index (χ2v) is 5.78. The molecule has 0 heterocycles. The summed E-state index contributed by atoms with van der Waals surface area (Å²) < 4.78 is 10.9. The topological polar surface area (TPSA) is 59.6 Å². The summed E-state index contributed by atoms with van der Waals surface area (Å²) in [4.78, 5) is 12.1. The Bertz CT molecular complexity index is 669. The number of hydrogen-bond donors (Lipinski definition) is 2. The Balaban J connectivity index is 1.89. The largest absolute Gasteiger partial charge is 0.495 e. The molecule has 5 heteroatoms. The van der Waals surface area contributed by atoms with Gasteiger partial charge in [0.2, 0.25) is 0 Å². The van der Waals surface area contributed by atoms with Crippen LogP contribution in [0.4, 0.5) is 10.5 Å². The number of urea groups is 1. The zero-order valence-electron chi connectivity index (χ0n) is 14.5. The first kappa shape index (κ1) is 17.7. The van der Waals surface area contributed by atoms with E-state index in [1.54, 1.807) is 26.2 Å². The average Bonchev–Trinajstić information content (AvgIpc) is 2.55. The first-order valence-corrected chi connectivity index (χ1v) is 7.96. The van der Waals surface area contributed by atoms with Gasteiger partial charge in [-0.1, -0.05) is 38.1 Å². The summed E-state index contributed by atoms with van der Waals surface area (Å²) in [6, 6.07) is 14.7. The van der Waals surface area contributed by atoms with Crippen LogP contribution < -0.4 is 20.1 Å². The number of carbonyl (C=O) groups is 1. The zero-order chi connectivity index (χ0) is 17.5. The molecule has 0 radical (unpaired) electrons. The highest BCUT2D eigenvalue weighted by Crippen LogP contribution is 2.23. The number of rotatable bonds is 6. The second kappa shape index (κ2) is 8.24. The van der Waals surface area contributed by atoms with E-state index in [4.69, 9.17) is 9.47 Å². The minimum Gasteiger partial charge on any atom is -0.495 e. The van der Waals surface area contributed by atoms with Crippen molar-refractivity contribution in [1.82, 2.24) is 5.32 Å². The molecule has 0 aromatic heterocycles. The molecule has 2 rings (SSSR count). The molecule has 2 aromatic carbocycles. The van der Waals surface area contributed by atoms with Crippen LogP contribution in [-0.2, 0) is 0 Å². The van der Waals surface area contributed by atoms with Crippen LogP contribution in [0.1, 0.15) is 32.3 Å². The van der Waals surface area contributed by atoms with Gasteiger partial charge >= 0.3 is 6.03 Å². The summed E-state index contributed by atoms with van der Waals surface area (Å²) in [5, 5.41) is 5.48. The second-order valence-electron chi connectivity index (χ2n) is 5.78. The normalized spacial score (nSPS) is 11.7. The third-order valence-electron chi connectivity index (χ3n) is 3.55. The number of ether oxygens (including phenoxy) is 2. The van der Waals surface area contributed by atoms with E-state index in [-0.39, 0.29) is 6.03 Å². The monoisotopic (exact) mass is 328 g/mol. The van der Waals surface area contributed by atoms with Crippen LogP contribution in [0.2, 0.25) is 0 Å². The van der Waals surface area contributed by atoms with E-state index in [1.165, 1.54) is 5.56 Å². The molecular weight excluding hydrogens is 304 g/mol. The fourth-order valence-electron chi connectivity index (χ4n) is 2.26. The molecule has 128 valence electrons. The molecule has 24 heavy (non-hydrogen) atoms. The molecule has 0 saturated heterocycles. The van der Waals surface area contributed by atoms with Crippen LogP contribution >= 0.6 is 0 Å². The standard InChI is InChI=1S/C19H24N2O3/c1-13(2)15-9-11-16(12-10-15)24-14(3)20-19(22)21-17-7-5-6-8-18(17)23-4/h5-14H,1-4H3,(H2,20,21,22). The van der Waals surface area contributed by atoms with Crippen molar-refractivity contribution in [2.75, 3.05) is 12.4 Å². The molecule has 0 aliphatic carbocycles. The first-order chi connectivity index (χ1) is 11.5. The van der Waals surface area contributed by atoms with Gasteiger partial charge in [0.15, 0.2) is 6.23 Å². The van der Waals surface area contributed by atoms with Gasteiger partial charge in [-0.25, -0.2) is 4.79 Å². The Morgan fingerprint density at radius 1 is 1.00 bits per heavy atom. The highest BCUT2D eigenvalue weighted by Gasteiger charge is 2.11. The van der Waals surface area contributed by atoms with Crippen molar-refractivity contribution < 1.29 is 14.3 Å². The lowest BCUT2D eigenvalue weighted by Gasteiger charge is -2.18. The highest BCUT2D eigenvalue weighted by atomic mass is 16.5. The zero-order valence-corrected chi connectivity index (χ0v) is 14.5. The quantitative estimate of drug-likeness (QED) is 0.774. The van der Waals surface area contributed by atoms with E-state index in [9.17, 15) is 4.79 Å². The third-order valence-corrected chi connectivity index (χ3v) is 3.55. The van der Waals surface area contributed by atoms with Gasteiger partial charge < -0.3 is 20.1 Å². The molecule has 0 aliphatic rings. The van der Waals surface area contributed by atoms with Crippen LogP contribution in [0.3, 0.4) is 0 Å². The molecule has 0 aliphatic heterocycles. The number of anilines is 1. The fraction of sp³-hybridized carbons (Fsp3) is 0.316. The minimum atomic E-state index is -0.468. The van der Waals surface area contributed by atoms with Crippen LogP contribution in [0.15, 0.2) is 48.5 Å². The SMILES string of the molecule is COc1ccccc1NC(=O)NC(C)Oc1ccc(C(C)C)cc1. The molecular formula is C19H24N2O3. The molecule has 5 nitrogen and oxygen atoms in total. The van der Waals surface area contributed by atoms with Crippen molar-refractivity contribution in [3.63, 3.8) is 0 Å². The molecule has 2 N–H and O–H groups in total. The van der Waals surface area contributed by atoms with Crippen LogP contribution in [-0.4, -0.2) is 19.4 Å². The average molecular weight is 328 g/mol. The number of nitrogens with one attached hydrogen (secondary N) is 2. The number of hydrogen-bond acceptors (Lipinski definition) is 3. The summed E-state index contributed by atoms with van der Waals surface area (Å²) in [6.45, 7) is 6.06. The Labute approximate surface area is 143 Å². The van der Waals surface area contributed by atoms with Crippen LogP contribution in [0.25, 0.3) is 0 Å². The number of carbonyl (C=O) groups excluding carboxylic acids is 1. The van der Waals surface area contributed by atoms with E-state index >= 15 is 0 Å². The molecule has 1 atom stereocenters. The van der Waals surface area contributed by atoms with Crippen molar-refractivity contribution in [1.29, 1.82) is 0 Å². The molecule has 2 amide bonds. The van der Waals surface area contributed by atoms with Gasteiger partial charge in [0.25, 0.3) is 0 Å². The lowest BCUT2D eigenvalue weighted by molar-refractivity contribution is 0.183. The van der Waals surface area contributed by atoms with Crippen LogP contribution in [0.5, 0.6) is 11.5 Å². The van der Waals surface area contributed by atoms with Crippen molar-refractivity contribution in [2.24, 2.45) is 0 Å². The maximum Gasteiger partial charge on any atom is 0.322 e. The Hall–Kier alpha value is -2.69. The third kappa shape index (κ3) is 4.91. The minimum absolute atomic E-state index is 0.356. The summed E-state index contributed by atoms with van der Waals surface area (Å²) in [7, 11) is 1.56. The van der Waals surface area contributed by atoms with E-state index in [1.807, 2.05) is 36.4 Å². The Kier molecular flexibility index (Phi) is 6.07. The van der Waals surface area contributed by atoms with Crippen molar-refractivity contribution in [3.8, 4) is 11.5 Å². The van der Waals surface area contributed by atoms with Gasteiger partial charge in [-0.15, -0.1) is 0 Å². The van der Waals surface area contributed by atoms with Gasteiger partial charge in [-0.3, -0.25) is 0 Å².